The fourth-order valence-electron chi connectivity index (χ4n) is 3.72. The lowest BCUT2D eigenvalue weighted by Crippen LogP contribution is -2.24. The number of carbonyl (C=O) groups excluding carboxylic acids is 1. The summed E-state index contributed by atoms with van der Waals surface area (Å²) in [5.41, 5.74) is 6.47. The van der Waals surface area contributed by atoms with Crippen molar-refractivity contribution in [1.82, 2.24) is 14.7 Å². The average Bonchev–Trinajstić information content (AvgIpc) is 3.29. The first-order valence-corrected chi connectivity index (χ1v) is 9.33. The molecular formula is C18H20N4O2S. The van der Waals surface area contributed by atoms with Gasteiger partial charge in [0.2, 0.25) is 5.88 Å². The Balaban J connectivity index is 1.50. The molecule has 0 fully saturated rings. The zero-order valence-electron chi connectivity index (χ0n) is 14.1. The fourth-order valence-corrected chi connectivity index (χ4v) is 4.30. The van der Waals surface area contributed by atoms with Crippen LogP contribution < -0.4 is 14.8 Å². The van der Waals surface area contributed by atoms with E-state index in [-0.39, 0.29) is 6.03 Å². The number of methoxy groups -OCH3 is 1. The van der Waals surface area contributed by atoms with Crippen LogP contribution >= 0.6 is 11.9 Å². The normalized spacial score (nSPS) is 14.8. The summed E-state index contributed by atoms with van der Waals surface area (Å²) in [5, 5.41) is 3.62. The first-order chi connectivity index (χ1) is 12.3. The fraction of sp³-hybridized carbons (Fsp3) is 0.389. The minimum atomic E-state index is -0.243. The predicted octanol–water partition coefficient (Wildman–Crippen LogP) is 3.29. The summed E-state index contributed by atoms with van der Waals surface area (Å²) in [7, 11) is 1.53. The van der Waals surface area contributed by atoms with E-state index in [4.69, 9.17) is 4.74 Å². The average molecular weight is 356 g/mol. The number of urea groups is 1. The molecule has 4 rings (SSSR count). The molecule has 0 unspecified atom stereocenters. The number of benzene rings is 1. The molecule has 2 aliphatic rings. The van der Waals surface area contributed by atoms with Gasteiger partial charge in [0.1, 0.15) is 0 Å². The molecule has 0 radical (unpaired) electrons. The number of anilines is 1. The molecule has 1 aromatic carbocycles. The topological polar surface area (TPSA) is 76.1 Å². The van der Waals surface area contributed by atoms with Gasteiger partial charge in [-0.3, -0.25) is 4.72 Å². The Morgan fingerprint density at radius 2 is 1.76 bits per heavy atom. The van der Waals surface area contributed by atoms with Gasteiger partial charge in [-0.25, -0.2) is 14.8 Å². The molecule has 0 bridgehead atoms. The summed E-state index contributed by atoms with van der Waals surface area (Å²) in [4.78, 5) is 20.7. The Morgan fingerprint density at radius 3 is 2.44 bits per heavy atom. The van der Waals surface area contributed by atoms with Crippen LogP contribution in [-0.4, -0.2) is 23.1 Å². The van der Waals surface area contributed by atoms with Crippen LogP contribution in [0.4, 0.5) is 10.5 Å². The van der Waals surface area contributed by atoms with Gasteiger partial charge >= 0.3 is 6.03 Å². The highest BCUT2D eigenvalue weighted by atomic mass is 32.2. The molecule has 0 aliphatic heterocycles. The van der Waals surface area contributed by atoms with Crippen molar-refractivity contribution in [1.29, 1.82) is 0 Å². The van der Waals surface area contributed by atoms with Crippen molar-refractivity contribution < 1.29 is 9.53 Å². The van der Waals surface area contributed by atoms with Crippen molar-refractivity contribution in [3.05, 3.63) is 40.7 Å². The molecule has 130 valence electrons. The van der Waals surface area contributed by atoms with Crippen LogP contribution in [0.5, 0.6) is 5.88 Å². The summed E-state index contributed by atoms with van der Waals surface area (Å²) in [6, 6.07) is 2.11. The number of nitrogens with zero attached hydrogens (tertiary/aromatic N) is 2. The third kappa shape index (κ3) is 3.16. The summed E-state index contributed by atoms with van der Waals surface area (Å²) in [6.45, 7) is 0. The van der Waals surface area contributed by atoms with Crippen LogP contribution in [0.2, 0.25) is 0 Å². The van der Waals surface area contributed by atoms with Crippen LogP contribution in [0.25, 0.3) is 0 Å². The van der Waals surface area contributed by atoms with E-state index in [1.165, 1.54) is 42.2 Å². The maximum Gasteiger partial charge on any atom is 0.329 e. The van der Waals surface area contributed by atoms with Crippen LogP contribution in [0.1, 0.15) is 35.1 Å². The van der Waals surface area contributed by atoms with Crippen molar-refractivity contribution in [2.45, 2.75) is 43.6 Å². The highest BCUT2D eigenvalue weighted by Crippen LogP contribution is 2.38. The monoisotopic (exact) mass is 356 g/mol. The van der Waals surface area contributed by atoms with E-state index in [0.717, 1.165) is 43.3 Å². The molecule has 2 N–H and O–H groups in total. The summed E-state index contributed by atoms with van der Waals surface area (Å²) < 4.78 is 7.94. The third-order valence-electron chi connectivity index (χ3n) is 4.78. The molecular weight excluding hydrogens is 336 g/mol. The molecule has 7 heteroatoms. The SMILES string of the molecule is COc1nccnc1SNC(=O)Nc1c2c(cc3c1CCC3)CCC2. The molecule has 2 amide bonds. The number of fused-ring (bicyclic) bond motifs is 2. The second-order valence-electron chi connectivity index (χ2n) is 6.26. The van der Waals surface area contributed by atoms with Gasteiger partial charge in [0, 0.05) is 30.0 Å². The minimum Gasteiger partial charge on any atom is -0.479 e. The van der Waals surface area contributed by atoms with Gasteiger partial charge in [-0.1, -0.05) is 6.07 Å². The maximum absolute atomic E-state index is 12.5. The second-order valence-corrected chi connectivity index (χ2v) is 7.06. The van der Waals surface area contributed by atoms with E-state index in [1.54, 1.807) is 12.4 Å². The number of carbonyl (C=O) groups is 1. The molecule has 2 aliphatic carbocycles. The van der Waals surface area contributed by atoms with Gasteiger partial charge in [0.25, 0.3) is 0 Å². The number of hydrogen-bond acceptors (Lipinski definition) is 5. The smallest absolute Gasteiger partial charge is 0.329 e. The molecule has 2 aromatic rings. The minimum absolute atomic E-state index is 0.243. The highest BCUT2D eigenvalue weighted by Gasteiger charge is 2.25. The lowest BCUT2D eigenvalue weighted by molar-refractivity contribution is 0.257. The number of rotatable bonds is 4. The van der Waals surface area contributed by atoms with Gasteiger partial charge in [0.15, 0.2) is 5.03 Å². The van der Waals surface area contributed by atoms with Crippen LogP contribution in [0.15, 0.2) is 23.5 Å². The zero-order valence-corrected chi connectivity index (χ0v) is 14.9. The Hall–Kier alpha value is -2.28. The third-order valence-corrected chi connectivity index (χ3v) is 5.54. The molecule has 6 nitrogen and oxygen atoms in total. The van der Waals surface area contributed by atoms with Crippen molar-refractivity contribution in [3.63, 3.8) is 0 Å². The summed E-state index contributed by atoms with van der Waals surface area (Å²) in [5.74, 6) is 0.397. The largest absolute Gasteiger partial charge is 0.479 e. The van der Waals surface area contributed by atoms with E-state index in [1.807, 2.05) is 0 Å². The Bertz CT molecular complexity index is 793. The molecule has 25 heavy (non-hydrogen) atoms. The first-order valence-electron chi connectivity index (χ1n) is 8.51. The second kappa shape index (κ2) is 6.92. The molecule has 0 atom stereocenters. The van der Waals surface area contributed by atoms with E-state index >= 15 is 0 Å². The lowest BCUT2D eigenvalue weighted by atomic mass is 9.99. The van der Waals surface area contributed by atoms with Gasteiger partial charge < -0.3 is 10.1 Å². The Labute approximate surface area is 150 Å². The van der Waals surface area contributed by atoms with Crippen LogP contribution in [0, 0.1) is 0 Å². The number of amides is 2. The molecule has 1 aromatic heterocycles. The van der Waals surface area contributed by atoms with E-state index in [0.29, 0.717) is 10.9 Å². The number of aryl methyl sites for hydroxylation is 2. The first kappa shape index (κ1) is 16.2. The quantitative estimate of drug-likeness (QED) is 0.822. The number of hydrogen-bond donors (Lipinski definition) is 2. The van der Waals surface area contributed by atoms with Crippen molar-refractivity contribution >= 4 is 23.7 Å². The summed E-state index contributed by atoms with van der Waals surface area (Å²) >= 11 is 1.10. The van der Waals surface area contributed by atoms with Gasteiger partial charge in [-0.05, 0) is 60.8 Å². The molecule has 1 heterocycles. The predicted molar refractivity (Wildman–Crippen MR) is 97.1 cm³/mol. The molecule has 0 saturated heterocycles. The van der Waals surface area contributed by atoms with Gasteiger partial charge in [-0.15, -0.1) is 0 Å². The van der Waals surface area contributed by atoms with E-state index in [9.17, 15) is 4.79 Å². The van der Waals surface area contributed by atoms with E-state index < -0.39 is 0 Å². The van der Waals surface area contributed by atoms with Gasteiger partial charge in [0.05, 0.1) is 7.11 Å². The van der Waals surface area contributed by atoms with E-state index in [2.05, 4.69) is 26.1 Å². The Morgan fingerprint density at radius 1 is 1.08 bits per heavy atom. The Kier molecular flexibility index (Phi) is 4.48. The van der Waals surface area contributed by atoms with Crippen molar-refractivity contribution in [3.8, 4) is 5.88 Å². The number of ether oxygens (including phenoxy) is 1. The molecule has 0 saturated carbocycles. The number of nitrogens with one attached hydrogen (secondary N) is 2. The lowest BCUT2D eigenvalue weighted by Gasteiger charge is -2.16. The molecule has 0 spiro atoms. The highest BCUT2D eigenvalue weighted by molar-refractivity contribution is 7.98. The number of aromatic nitrogens is 2. The maximum atomic E-state index is 12.5. The standard InChI is InChI=1S/C18H20N4O2S/c1-24-16-17(20-9-8-19-16)25-22-18(23)21-15-13-6-2-4-11(13)10-12-5-3-7-14(12)15/h8-10H,2-7H2,1H3,(H2,21,22,23). The summed E-state index contributed by atoms with van der Waals surface area (Å²) in [6.07, 6.45) is 9.78. The van der Waals surface area contributed by atoms with Crippen LogP contribution in [0.3, 0.4) is 0 Å². The van der Waals surface area contributed by atoms with Crippen molar-refractivity contribution in [2.75, 3.05) is 12.4 Å². The van der Waals surface area contributed by atoms with Gasteiger partial charge in [-0.2, -0.15) is 0 Å². The van der Waals surface area contributed by atoms with Crippen LogP contribution in [-0.2, 0) is 25.7 Å². The van der Waals surface area contributed by atoms with Crippen molar-refractivity contribution in [2.24, 2.45) is 0 Å². The zero-order chi connectivity index (χ0) is 17.2.